The lowest BCUT2D eigenvalue weighted by molar-refractivity contribution is 0.570. The maximum Gasteiger partial charge on any atom is 0.266 e. The van der Waals surface area contributed by atoms with Crippen molar-refractivity contribution in [3.05, 3.63) is 76.6 Å². The van der Waals surface area contributed by atoms with Crippen LogP contribution in [0.1, 0.15) is 5.69 Å². The van der Waals surface area contributed by atoms with E-state index in [1.165, 1.54) is 18.3 Å². The normalized spacial score (nSPS) is 11.4. The summed E-state index contributed by atoms with van der Waals surface area (Å²) in [6.07, 6.45) is 1.45. The number of aromatic nitrogens is 3. The molecule has 2 heterocycles. The summed E-state index contributed by atoms with van der Waals surface area (Å²) >= 11 is 7.37. The van der Waals surface area contributed by atoms with Crippen LogP contribution in [-0.2, 0) is 10.0 Å². The number of rotatable bonds is 6. The second-order valence-corrected chi connectivity index (χ2v) is 9.20. The quantitative estimate of drug-likeness (QED) is 0.421. The zero-order valence-electron chi connectivity index (χ0n) is 15.5. The monoisotopic (exact) mass is 463 g/mol. The van der Waals surface area contributed by atoms with Gasteiger partial charge >= 0.3 is 0 Å². The van der Waals surface area contributed by atoms with E-state index in [4.69, 9.17) is 11.6 Å². The minimum atomic E-state index is -4.10. The van der Waals surface area contributed by atoms with Gasteiger partial charge < -0.3 is 5.32 Å². The molecular weight excluding hydrogens is 449 g/mol. The standard InChI is InChI=1S/C19H15ClFN5O2S2/c1-12-10-18(26(24-12)16-5-3-2-4-14(16)20)23-13-6-7-17(15(21)11-13)30(27,28)25-19-22-8-9-29-19/h2-11,23H,1H3,(H,22,25). The topological polar surface area (TPSA) is 88.9 Å². The highest BCUT2D eigenvalue weighted by molar-refractivity contribution is 7.93. The fraction of sp³-hybridized carbons (Fsp3) is 0.0526. The van der Waals surface area contributed by atoms with Crippen LogP contribution >= 0.6 is 22.9 Å². The average Bonchev–Trinajstić information content (AvgIpc) is 3.31. The lowest BCUT2D eigenvalue weighted by Crippen LogP contribution is -2.14. The van der Waals surface area contributed by atoms with Crippen molar-refractivity contribution < 1.29 is 12.8 Å². The molecular formula is C19H15ClFN5O2S2. The van der Waals surface area contributed by atoms with Crippen LogP contribution in [0, 0.1) is 12.7 Å². The van der Waals surface area contributed by atoms with Crippen LogP contribution in [0.25, 0.3) is 5.69 Å². The number of para-hydroxylation sites is 1. The van der Waals surface area contributed by atoms with E-state index < -0.39 is 20.7 Å². The lowest BCUT2D eigenvalue weighted by atomic mass is 10.3. The van der Waals surface area contributed by atoms with E-state index in [0.29, 0.717) is 22.2 Å². The number of nitrogens with one attached hydrogen (secondary N) is 2. The molecule has 2 aromatic carbocycles. The molecule has 2 aromatic heterocycles. The molecule has 7 nitrogen and oxygen atoms in total. The smallest absolute Gasteiger partial charge is 0.266 e. The second kappa shape index (κ2) is 8.05. The Morgan fingerprint density at radius 3 is 2.67 bits per heavy atom. The van der Waals surface area contributed by atoms with E-state index in [1.807, 2.05) is 19.1 Å². The van der Waals surface area contributed by atoms with Gasteiger partial charge in [-0.3, -0.25) is 4.72 Å². The third kappa shape index (κ3) is 4.16. The number of anilines is 3. The number of aryl methyl sites for hydroxylation is 1. The van der Waals surface area contributed by atoms with Gasteiger partial charge in [-0.05, 0) is 37.3 Å². The number of hydrogen-bond acceptors (Lipinski definition) is 6. The SMILES string of the molecule is Cc1cc(Nc2ccc(S(=O)(=O)Nc3nccs3)c(F)c2)n(-c2ccccc2Cl)n1. The summed E-state index contributed by atoms with van der Waals surface area (Å²) in [5.41, 5.74) is 1.74. The largest absolute Gasteiger partial charge is 0.340 e. The third-order valence-electron chi connectivity index (χ3n) is 4.06. The Labute approximate surface area is 181 Å². The fourth-order valence-corrected chi connectivity index (χ4v) is 4.85. The lowest BCUT2D eigenvalue weighted by Gasteiger charge is -2.12. The van der Waals surface area contributed by atoms with Gasteiger partial charge in [0, 0.05) is 23.3 Å². The summed E-state index contributed by atoms with van der Waals surface area (Å²) in [6, 6.07) is 12.7. The van der Waals surface area contributed by atoms with Gasteiger partial charge in [0.1, 0.15) is 16.5 Å². The summed E-state index contributed by atoms with van der Waals surface area (Å²) in [4.78, 5) is 3.38. The van der Waals surface area contributed by atoms with Gasteiger partial charge in [0.05, 0.1) is 16.4 Å². The van der Waals surface area contributed by atoms with E-state index in [9.17, 15) is 12.8 Å². The molecule has 0 radical (unpaired) electrons. The van der Waals surface area contributed by atoms with E-state index in [2.05, 4.69) is 20.1 Å². The molecule has 4 aromatic rings. The van der Waals surface area contributed by atoms with Crippen molar-refractivity contribution in [2.75, 3.05) is 10.0 Å². The molecule has 0 spiro atoms. The molecule has 2 N–H and O–H groups in total. The number of halogens is 2. The maximum absolute atomic E-state index is 14.7. The summed E-state index contributed by atoms with van der Waals surface area (Å²) in [5, 5.41) is 9.77. The Bertz CT molecular complexity index is 1310. The molecule has 0 amide bonds. The molecule has 0 fully saturated rings. The van der Waals surface area contributed by atoms with Crippen LogP contribution < -0.4 is 10.0 Å². The fourth-order valence-electron chi connectivity index (χ4n) is 2.78. The van der Waals surface area contributed by atoms with Gasteiger partial charge in [-0.2, -0.15) is 5.10 Å². The van der Waals surface area contributed by atoms with Gasteiger partial charge in [-0.15, -0.1) is 11.3 Å². The van der Waals surface area contributed by atoms with E-state index in [1.54, 1.807) is 28.3 Å². The Balaban J connectivity index is 1.63. The first-order valence-corrected chi connectivity index (χ1v) is 11.4. The first-order valence-electron chi connectivity index (χ1n) is 8.64. The van der Waals surface area contributed by atoms with Crippen molar-refractivity contribution >= 4 is 49.6 Å². The van der Waals surface area contributed by atoms with Crippen molar-refractivity contribution in [2.24, 2.45) is 0 Å². The van der Waals surface area contributed by atoms with Crippen LogP contribution in [0.5, 0.6) is 0 Å². The first kappa shape index (κ1) is 20.3. The summed E-state index contributed by atoms with van der Waals surface area (Å²) in [6.45, 7) is 1.82. The van der Waals surface area contributed by atoms with E-state index in [0.717, 1.165) is 23.1 Å². The molecule has 0 atom stereocenters. The van der Waals surface area contributed by atoms with Crippen LogP contribution in [0.4, 0.5) is 21.0 Å². The van der Waals surface area contributed by atoms with E-state index in [-0.39, 0.29) is 5.13 Å². The highest BCUT2D eigenvalue weighted by atomic mass is 35.5. The number of nitrogens with zero attached hydrogens (tertiary/aromatic N) is 3. The number of hydrogen-bond donors (Lipinski definition) is 2. The molecule has 0 unspecified atom stereocenters. The van der Waals surface area contributed by atoms with Gasteiger partial charge in [0.25, 0.3) is 10.0 Å². The van der Waals surface area contributed by atoms with Crippen molar-refractivity contribution in [3.8, 4) is 5.69 Å². The van der Waals surface area contributed by atoms with Gasteiger partial charge in [-0.25, -0.2) is 22.5 Å². The zero-order valence-corrected chi connectivity index (χ0v) is 17.9. The highest BCUT2D eigenvalue weighted by Gasteiger charge is 2.21. The van der Waals surface area contributed by atoms with Crippen molar-refractivity contribution in [2.45, 2.75) is 11.8 Å². The summed E-state index contributed by atoms with van der Waals surface area (Å²) in [7, 11) is -4.10. The van der Waals surface area contributed by atoms with Crippen molar-refractivity contribution in [3.63, 3.8) is 0 Å². The highest BCUT2D eigenvalue weighted by Crippen LogP contribution is 2.28. The predicted molar refractivity (Wildman–Crippen MR) is 116 cm³/mol. The number of benzene rings is 2. The van der Waals surface area contributed by atoms with Gasteiger partial charge in [-0.1, -0.05) is 23.7 Å². The molecule has 0 aliphatic heterocycles. The molecule has 4 rings (SSSR count). The Morgan fingerprint density at radius 2 is 1.97 bits per heavy atom. The average molecular weight is 464 g/mol. The molecule has 0 saturated heterocycles. The summed E-state index contributed by atoms with van der Waals surface area (Å²) < 4.78 is 43.4. The molecule has 0 aliphatic rings. The Morgan fingerprint density at radius 1 is 1.17 bits per heavy atom. The summed E-state index contributed by atoms with van der Waals surface area (Å²) in [5.74, 6) is -0.346. The molecule has 154 valence electrons. The van der Waals surface area contributed by atoms with Crippen LogP contribution in [0.15, 0.2) is 65.0 Å². The number of thiazole rings is 1. The van der Waals surface area contributed by atoms with Crippen LogP contribution in [0.3, 0.4) is 0 Å². The maximum atomic E-state index is 14.7. The second-order valence-electron chi connectivity index (χ2n) is 6.25. The van der Waals surface area contributed by atoms with E-state index >= 15 is 0 Å². The first-order chi connectivity index (χ1) is 14.3. The van der Waals surface area contributed by atoms with Gasteiger partial charge in [0.15, 0.2) is 5.13 Å². The van der Waals surface area contributed by atoms with Crippen molar-refractivity contribution in [1.29, 1.82) is 0 Å². The molecule has 0 saturated carbocycles. The van der Waals surface area contributed by atoms with Crippen LogP contribution in [0.2, 0.25) is 5.02 Å². The minimum absolute atomic E-state index is 0.163. The van der Waals surface area contributed by atoms with Gasteiger partial charge in [0.2, 0.25) is 0 Å². The number of sulfonamides is 1. The Kier molecular flexibility index (Phi) is 5.46. The molecule has 0 bridgehead atoms. The zero-order chi connectivity index (χ0) is 21.3. The molecule has 0 aliphatic carbocycles. The van der Waals surface area contributed by atoms with Crippen molar-refractivity contribution in [1.82, 2.24) is 14.8 Å². The minimum Gasteiger partial charge on any atom is -0.340 e. The molecule has 30 heavy (non-hydrogen) atoms. The molecule has 11 heteroatoms. The Hall–Kier alpha value is -2.95. The van der Waals surface area contributed by atoms with Crippen LogP contribution in [-0.4, -0.2) is 23.2 Å². The predicted octanol–water partition coefficient (Wildman–Crippen LogP) is 4.97. The third-order valence-corrected chi connectivity index (χ3v) is 6.57.